The molecule has 3 rings (SSSR count). The second-order valence-corrected chi connectivity index (χ2v) is 5.94. The quantitative estimate of drug-likeness (QED) is 0.412. The minimum Gasteiger partial charge on any atom is -0.461 e. The Morgan fingerprint density at radius 2 is 1.48 bits per heavy atom. The van der Waals surface area contributed by atoms with E-state index in [2.05, 4.69) is 13.0 Å². The number of unbranched alkanes of at least 4 members (excludes halogenated alkanes) is 5. The Labute approximate surface area is 137 Å². The summed E-state index contributed by atoms with van der Waals surface area (Å²) in [5, 5.41) is 0. The highest BCUT2D eigenvalue weighted by Gasteiger charge is 2.17. The molecule has 3 nitrogen and oxygen atoms in total. The van der Waals surface area contributed by atoms with Gasteiger partial charge in [0, 0.05) is 5.56 Å². The van der Waals surface area contributed by atoms with Crippen molar-refractivity contribution in [3.8, 4) is 23.0 Å². The predicted molar refractivity (Wildman–Crippen MR) is 91.2 cm³/mol. The van der Waals surface area contributed by atoms with E-state index in [9.17, 15) is 0 Å². The molecule has 0 saturated carbocycles. The molecule has 0 fully saturated rings. The van der Waals surface area contributed by atoms with Crippen molar-refractivity contribution in [1.82, 2.24) is 0 Å². The van der Waals surface area contributed by atoms with Crippen molar-refractivity contribution >= 4 is 0 Å². The summed E-state index contributed by atoms with van der Waals surface area (Å²) in [4.78, 5) is 0. The van der Waals surface area contributed by atoms with Gasteiger partial charge in [-0.3, -0.25) is 0 Å². The van der Waals surface area contributed by atoms with Gasteiger partial charge in [0.1, 0.15) is 0 Å². The molecule has 0 amide bonds. The highest BCUT2D eigenvalue weighted by molar-refractivity contribution is 5.62. The Kier molecular flexibility index (Phi) is 5.41. The molecule has 0 bridgehead atoms. The zero-order valence-corrected chi connectivity index (χ0v) is 13.7. The fourth-order valence-electron chi connectivity index (χ4n) is 2.87. The van der Waals surface area contributed by atoms with Gasteiger partial charge in [-0.2, -0.15) is 0 Å². The standard InChI is InChI=1S/C20H24O3/c1-2-3-4-5-6-7-10-16-15-19(17-11-8-13-21-17)23-20(16)18-12-9-14-22-18/h8-9,11-15H,2-7,10H2,1H3. The third-order valence-electron chi connectivity index (χ3n) is 4.12. The van der Waals surface area contributed by atoms with E-state index in [1.807, 2.05) is 24.3 Å². The first-order valence-electron chi connectivity index (χ1n) is 8.59. The molecule has 122 valence electrons. The van der Waals surface area contributed by atoms with Crippen LogP contribution in [0.1, 0.15) is 51.0 Å². The first-order chi connectivity index (χ1) is 11.4. The van der Waals surface area contributed by atoms with E-state index in [-0.39, 0.29) is 0 Å². The summed E-state index contributed by atoms with van der Waals surface area (Å²) in [5.74, 6) is 3.13. The summed E-state index contributed by atoms with van der Waals surface area (Å²) < 4.78 is 17.0. The Morgan fingerprint density at radius 3 is 2.17 bits per heavy atom. The Hall–Kier alpha value is -2.16. The SMILES string of the molecule is CCCCCCCCc1cc(-c2ccco2)oc1-c1ccco1. The van der Waals surface area contributed by atoms with Gasteiger partial charge in [-0.25, -0.2) is 0 Å². The van der Waals surface area contributed by atoms with Crippen molar-refractivity contribution in [1.29, 1.82) is 0 Å². The van der Waals surface area contributed by atoms with E-state index in [1.165, 1.54) is 44.1 Å². The number of aryl methyl sites for hydroxylation is 1. The molecule has 3 heteroatoms. The second kappa shape index (κ2) is 7.91. The molecule has 3 aromatic heterocycles. The molecule has 0 radical (unpaired) electrons. The van der Waals surface area contributed by atoms with Gasteiger partial charge in [-0.15, -0.1) is 0 Å². The Balaban J connectivity index is 1.70. The number of hydrogen-bond acceptors (Lipinski definition) is 3. The molecule has 0 atom stereocenters. The van der Waals surface area contributed by atoms with Gasteiger partial charge in [0.2, 0.25) is 0 Å². The lowest BCUT2D eigenvalue weighted by Gasteiger charge is -2.01. The normalized spacial score (nSPS) is 11.2. The zero-order chi connectivity index (χ0) is 15.9. The molecule has 3 heterocycles. The second-order valence-electron chi connectivity index (χ2n) is 5.94. The van der Waals surface area contributed by atoms with Crippen molar-refractivity contribution < 1.29 is 13.3 Å². The first kappa shape index (κ1) is 15.7. The zero-order valence-electron chi connectivity index (χ0n) is 13.7. The van der Waals surface area contributed by atoms with Crippen molar-refractivity contribution in [2.75, 3.05) is 0 Å². The Morgan fingerprint density at radius 1 is 0.783 bits per heavy atom. The molecule has 0 aromatic carbocycles. The molecule has 0 aliphatic rings. The van der Waals surface area contributed by atoms with Gasteiger partial charge in [0.15, 0.2) is 23.0 Å². The number of rotatable bonds is 9. The summed E-state index contributed by atoms with van der Waals surface area (Å²) in [6.07, 6.45) is 12.1. The molecule has 3 aromatic rings. The average Bonchev–Trinajstić information content (AvgIpc) is 3.31. The lowest BCUT2D eigenvalue weighted by atomic mass is 10.0. The van der Waals surface area contributed by atoms with Crippen LogP contribution in [0.3, 0.4) is 0 Å². The molecule has 0 aliphatic heterocycles. The van der Waals surface area contributed by atoms with Crippen LogP contribution in [-0.2, 0) is 6.42 Å². The highest BCUT2D eigenvalue weighted by Crippen LogP contribution is 2.34. The van der Waals surface area contributed by atoms with E-state index < -0.39 is 0 Å². The molecule has 0 unspecified atom stereocenters. The molecule has 0 N–H and O–H groups in total. The van der Waals surface area contributed by atoms with Gasteiger partial charge in [0.25, 0.3) is 0 Å². The monoisotopic (exact) mass is 312 g/mol. The van der Waals surface area contributed by atoms with Crippen LogP contribution in [0.2, 0.25) is 0 Å². The fraction of sp³-hybridized carbons (Fsp3) is 0.400. The molecular formula is C20H24O3. The van der Waals surface area contributed by atoms with Crippen molar-refractivity contribution in [3.63, 3.8) is 0 Å². The summed E-state index contributed by atoms with van der Waals surface area (Å²) in [5.41, 5.74) is 1.20. The number of hydrogen-bond donors (Lipinski definition) is 0. The van der Waals surface area contributed by atoms with Crippen LogP contribution in [0.4, 0.5) is 0 Å². The van der Waals surface area contributed by atoms with E-state index in [1.54, 1.807) is 12.5 Å². The van der Waals surface area contributed by atoms with E-state index >= 15 is 0 Å². The number of furan rings is 3. The topological polar surface area (TPSA) is 39.4 Å². The van der Waals surface area contributed by atoms with Crippen LogP contribution in [-0.4, -0.2) is 0 Å². The maximum Gasteiger partial charge on any atom is 0.173 e. The lowest BCUT2D eigenvalue weighted by molar-refractivity contribution is 0.506. The highest BCUT2D eigenvalue weighted by atomic mass is 16.4. The average molecular weight is 312 g/mol. The molecule has 0 spiro atoms. The van der Waals surface area contributed by atoms with Crippen molar-refractivity contribution in [2.24, 2.45) is 0 Å². The first-order valence-corrected chi connectivity index (χ1v) is 8.59. The predicted octanol–water partition coefficient (Wildman–Crippen LogP) is 6.70. The van der Waals surface area contributed by atoms with E-state index in [0.29, 0.717) is 0 Å². The third-order valence-corrected chi connectivity index (χ3v) is 4.12. The maximum atomic E-state index is 6.01. The van der Waals surface area contributed by atoms with Gasteiger partial charge in [-0.1, -0.05) is 39.0 Å². The minimum absolute atomic E-state index is 0.756. The smallest absolute Gasteiger partial charge is 0.173 e. The van der Waals surface area contributed by atoms with Gasteiger partial charge in [0.05, 0.1) is 12.5 Å². The molecular weight excluding hydrogens is 288 g/mol. The van der Waals surface area contributed by atoms with Gasteiger partial charge < -0.3 is 13.3 Å². The molecule has 23 heavy (non-hydrogen) atoms. The molecule has 0 aliphatic carbocycles. The van der Waals surface area contributed by atoms with E-state index in [4.69, 9.17) is 13.3 Å². The van der Waals surface area contributed by atoms with Crippen LogP contribution in [0, 0.1) is 0 Å². The Bertz CT molecular complexity index is 675. The summed E-state index contributed by atoms with van der Waals surface area (Å²) in [7, 11) is 0. The lowest BCUT2D eigenvalue weighted by Crippen LogP contribution is -1.86. The largest absolute Gasteiger partial charge is 0.461 e. The van der Waals surface area contributed by atoms with Crippen LogP contribution in [0.5, 0.6) is 0 Å². The van der Waals surface area contributed by atoms with Gasteiger partial charge in [-0.05, 0) is 43.2 Å². The maximum absolute atomic E-state index is 6.01. The van der Waals surface area contributed by atoms with Gasteiger partial charge >= 0.3 is 0 Å². The van der Waals surface area contributed by atoms with Crippen LogP contribution in [0.25, 0.3) is 23.0 Å². The van der Waals surface area contributed by atoms with Crippen molar-refractivity contribution in [3.05, 3.63) is 48.4 Å². The van der Waals surface area contributed by atoms with Crippen LogP contribution >= 0.6 is 0 Å². The third kappa shape index (κ3) is 3.98. The van der Waals surface area contributed by atoms with Crippen LogP contribution in [0.15, 0.2) is 56.1 Å². The van der Waals surface area contributed by atoms with Crippen molar-refractivity contribution in [2.45, 2.75) is 51.9 Å². The summed E-state index contributed by atoms with van der Waals surface area (Å²) in [6.45, 7) is 2.25. The van der Waals surface area contributed by atoms with Crippen LogP contribution < -0.4 is 0 Å². The minimum atomic E-state index is 0.756. The van der Waals surface area contributed by atoms with E-state index in [0.717, 1.165) is 29.5 Å². The summed E-state index contributed by atoms with van der Waals surface area (Å²) in [6, 6.07) is 9.70. The fourth-order valence-corrected chi connectivity index (χ4v) is 2.87. The summed E-state index contributed by atoms with van der Waals surface area (Å²) >= 11 is 0. The molecule has 0 saturated heterocycles.